The third-order valence-corrected chi connectivity index (χ3v) is 5.28. The number of aliphatic imine (C=N–C) groups is 1. The summed E-state index contributed by atoms with van der Waals surface area (Å²) in [7, 11) is 0. The Labute approximate surface area is 149 Å². The second kappa shape index (κ2) is 6.96. The van der Waals surface area contributed by atoms with Crippen LogP contribution in [0.25, 0.3) is 5.69 Å². The van der Waals surface area contributed by atoms with E-state index in [9.17, 15) is 0 Å². The summed E-state index contributed by atoms with van der Waals surface area (Å²) in [5, 5.41) is 8.78. The van der Waals surface area contributed by atoms with E-state index in [-0.39, 0.29) is 6.04 Å². The van der Waals surface area contributed by atoms with Crippen LogP contribution in [0.1, 0.15) is 45.0 Å². The molecule has 0 spiro atoms. The highest BCUT2D eigenvalue weighted by Gasteiger charge is 2.35. The van der Waals surface area contributed by atoms with Gasteiger partial charge in [-0.1, -0.05) is 18.6 Å². The largest absolute Gasteiger partial charge is 0.359 e. The lowest BCUT2D eigenvalue weighted by Crippen LogP contribution is -2.45. The SMILES string of the molecule is CCN(CC)C1=Nc2ccccc2-n2cnnc2C1N1CCCCC1. The van der Waals surface area contributed by atoms with E-state index in [4.69, 9.17) is 4.99 Å². The molecule has 0 bridgehead atoms. The summed E-state index contributed by atoms with van der Waals surface area (Å²) in [6, 6.07) is 8.35. The fourth-order valence-corrected chi connectivity index (χ4v) is 3.97. The van der Waals surface area contributed by atoms with Crippen LogP contribution in [-0.2, 0) is 0 Å². The van der Waals surface area contributed by atoms with E-state index in [0.717, 1.165) is 49.2 Å². The van der Waals surface area contributed by atoms with E-state index < -0.39 is 0 Å². The van der Waals surface area contributed by atoms with E-state index in [2.05, 4.69) is 56.6 Å². The van der Waals surface area contributed by atoms with Gasteiger partial charge in [0.15, 0.2) is 5.82 Å². The molecule has 6 heteroatoms. The van der Waals surface area contributed by atoms with Gasteiger partial charge in [-0.3, -0.25) is 9.47 Å². The molecule has 1 atom stereocenters. The molecule has 2 aromatic rings. The van der Waals surface area contributed by atoms with E-state index >= 15 is 0 Å². The van der Waals surface area contributed by atoms with Gasteiger partial charge in [0.25, 0.3) is 0 Å². The van der Waals surface area contributed by atoms with E-state index in [1.54, 1.807) is 0 Å². The Bertz CT molecular complexity index is 755. The van der Waals surface area contributed by atoms with Crippen molar-refractivity contribution >= 4 is 11.5 Å². The van der Waals surface area contributed by atoms with Crippen molar-refractivity contribution in [3.05, 3.63) is 36.4 Å². The van der Waals surface area contributed by atoms with Gasteiger partial charge in [-0.2, -0.15) is 0 Å². The van der Waals surface area contributed by atoms with Crippen LogP contribution in [0.4, 0.5) is 5.69 Å². The molecule has 1 fully saturated rings. The van der Waals surface area contributed by atoms with Gasteiger partial charge < -0.3 is 4.90 Å². The van der Waals surface area contributed by atoms with Crippen molar-refractivity contribution in [2.45, 2.75) is 39.2 Å². The summed E-state index contributed by atoms with van der Waals surface area (Å²) in [4.78, 5) is 10.0. The summed E-state index contributed by atoms with van der Waals surface area (Å²) in [6.45, 7) is 8.45. The normalized spacial score (nSPS) is 20.4. The predicted octanol–water partition coefficient (Wildman–Crippen LogP) is 3.18. The van der Waals surface area contributed by atoms with Gasteiger partial charge in [0, 0.05) is 13.1 Å². The smallest absolute Gasteiger partial charge is 0.162 e. The minimum absolute atomic E-state index is 0.0649. The number of hydrogen-bond acceptors (Lipinski definition) is 5. The number of aromatic nitrogens is 3. The van der Waals surface area contributed by atoms with Gasteiger partial charge in [0.2, 0.25) is 0 Å². The fraction of sp³-hybridized carbons (Fsp3) is 0.526. The molecule has 6 nitrogen and oxygen atoms in total. The van der Waals surface area contributed by atoms with Crippen molar-refractivity contribution in [2.75, 3.05) is 26.2 Å². The molecule has 0 saturated carbocycles. The highest BCUT2D eigenvalue weighted by Crippen LogP contribution is 2.35. The third kappa shape index (κ3) is 2.84. The number of para-hydroxylation sites is 2. The lowest BCUT2D eigenvalue weighted by molar-refractivity contribution is 0.185. The quantitative estimate of drug-likeness (QED) is 0.862. The molecule has 3 heterocycles. The predicted molar refractivity (Wildman–Crippen MR) is 99.5 cm³/mol. The maximum absolute atomic E-state index is 5.14. The zero-order chi connectivity index (χ0) is 17.2. The Morgan fingerprint density at radius 1 is 1.08 bits per heavy atom. The summed E-state index contributed by atoms with van der Waals surface area (Å²) < 4.78 is 2.12. The molecule has 1 aromatic heterocycles. The Hall–Kier alpha value is -2.21. The maximum Gasteiger partial charge on any atom is 0.162 e. The Kier molecular flexibility index (Phi) is 4.53. The molecular weight excluding hydrogens is 312 g/mol. The van der Waals surface area contributed by atoms with Gasteiger partial charge in [-0.25, -0.2) is 4.99 Å². The standard InChI is InChI=1S/C19H26N6/c1-3-23(4-2)18-17(24-12-8-5-9-13-24)19-22-20-14-25(19)16-11-7-6-10-15(16)21-18/h6-7,10-11,14,17H,3-5,8-9,12-13H2,1-2H3. The molecule has 0 radical (unpaired) electrons. The maximum atomic E-state index is 5.14. The second-order valence-corrected chi connectivity index (χ2v) is 6.69. The highest BCUT2D eigenvalue weighted by atomic mass is 15.4. The van der Waals surface area contributed by atoms with Crippen molar-refractivity contribution in [3.8, 4) is 5.69 Å². The number of piperidine rings is 1. The summed E-state index contributed by atoms with van der Waals surface area (Å²) in [6.07, 6.45) is 5.62. The van der Waals surface area contributed by atoms with Crippen molar-refractivity contribution in [1.29, 1.82) is 0 Å². The van der Waals surface area contributed by atoms with Gasteiger partial charge in [-0.15, -0.1) is 10.2 Å². The lowest BCUT2D eigenvalue weighted by Gasteiger charge is -2.37. The zero-order valence-electron chi connectivity index (χ0n) is 15.1. The lowest BCUT2D eigenvalue weighted by atomic mass is 10.1. The Morgan fingerprint density at radius 2 is 1.84 bits per heavy atom. The number of amidine groups is 1. The third-order valence-electron chi connectivity index (χ3n) is 5.28. The molecule has 1 unspecified atom stereocenters. The first-order valence-corrected chi connectivity index (χ1v) is 9.40. The molecule has 1 saturated heterocycles. The van der Waals surface area contributed by atoms with Gasteiger partial charge in [0.1, 0.15) is 18.2 Å². The van der Waals surface area contributed by atoms with E-state index in [1.165, 1.54) is 19.3 Å². The van der Waals surface area contributed by atoms with E-state index in [1.807, 2.05) is 12.4 Å². The van der Waals surface area contributed by atoms with Crippen LogP contribution < -0.4 is 0 Å². The number of rotatable bonds is 3. The van der Waals surface area contributed by atoms with Crippen molar-refractivity contribution in [2.24, 2.45) is 4.99 Å². The summed E-state index contributed by atoms with van der Waals surface area (Å²) in [5.41, 5.74) is 2.05. The fourth-order valence-electron chi connectivity index (χ4n) is 3.97. The van der Waals surface area contributed by atoms with Gasteiger partial charge in [-0.05, 0) is 51.9 Å². The molecule has 1 aromatic carbocycles. The first-order chi connectivity index (χ1) is 12.3. The van der Waals surface area contributed by atoms with Crippen LogP contribution >= 0.6 is 0 Å². The van der Waals surface area contributed by atoms with Crippen LogP contribution in [0.2, 0.25) is 0 Å². The van der Waals surface area contributed by atoms with Crippen LogP contribution in [-0.4, -0.2) is 56.6 Å². The number of benzene rings is 1. The minimum Gasteiger partial charge on any atom is -0.359 e. The van der Waals surface area contributed by atoms with Crippen molar-refractivity contribution in [1.82, 2.24) is 24.6 Å². The van der Waals surface area contributed by atoms with E-state index in [0.29, 0.717) is 0 Å². The van der Waals surface area contributed by atoms with Crippen LogP contribution in [0.5, 0.6) is 0 Å². The molecule has 0 amide bonds. The number of fused-ring (bicyclic) bond motifs is 3. The molecule has 2 aliphatic rings. The number of likely N-dealkylation sites (tertiary alicyclic amines) is 1. The molecule has 0 aliphatic carbocycles. The average molecular weight is 338 g/mol. The first-order valence-electron chi connectivity index (χ1n) is 9.40. The van der Waals surface area contributed by atoms with Crippen LogP contribution in [0.15, 0.2) is 35.6 Å². The molecule has 132 valence electrons. The molecule has 4 rings (SSSR count). The number of likely N-dealkylation sites (N-methyl/N-ethyl adjacent to an activating group) is 1. The van der Waals surface area contributed by atoms with Crippen molar-refractivity contribution in [3.63, 3.8) is 0 Å². The Morgan fingerprint density at radius 3 is 2.60 bits per heavy atom. The Balaban J connectivity index is 1.90. The topological polar surface area (TPSA) is 49.6 Å². The van der Waals surface area contributed by atoms with Crippen molar-refractivity contribution < 1.29 is 0 Å². The second-order valence-electron chi connectivity index (χ2n) is 6.69. The monoisotopic (exact) mass is 338 g/mol. The minimum atomic E-state index is 0.0649. The molecule has 0 N–H and O–H groups in total. The summed E-state index contributed by atoms with van der Waals surface area (Å²) >= 11 is 0. The van der Waals surface area contributed by atoms with Crippen LogP contribution in [0, 0.1) is 0 Å². The first kappa shape index (κ1) is 16.3. The number of hydrogen-bond donors (Lipinski definition) is 0. The number of nitrogens with zero attached hydrogens (tertiary/aromatic N) is 6. The highest BCUT2D eigenvalue weighted by molar-refractivity contribution is 5.92. The average Bonchev–Trinajstić information content (AvgIpc) is 3.08. The molecule has 25 heavy (non-hydrogen) atoms. The zero-order valence-corrected chi connectivity index (χ0v) is 15.1. The van der Waals surface area contributed by atoms with Crippen LogP contribution in [0.3, 0.4) is 0 Å². The van der Waals surface area contributed by atoms with Gasteiger partial charge >= 0.3 is 0 Å². The van der Waals surface area contributed by atoms with Gasteiger partial charge in [0.05, 0.1) is 11.4 Å². The molecule has 2 aliphatic heterocycles. The summed E-state index contributed by atoms with van der Waals surface area (Å²) in [5.74, 6) is 2.09. The molecular formula is C19H26N6.